The first kappa shape index (κ1) is 59.8. The highest BCUT2D eigenvalue weighted by atomic mass is 19.4. The molecular formula is C23H10F37NO2. The van der Waals surface area contributed by atoms with Crippen LogP contribution in [0.15, 0.2) is 0 Å². The highest BCUT2D eigenvalue weighted by Gasteiger charge is 3.03. The first-order valence-electron chi connectivity index (χ1n) is 13.8. The van der Waals surface area contributed by atoms with Crippen LogP contribution in [0.25, 0.3) is 0 Å². The van der Waals surface area contributed by atoms with E-state index >= 15 is 0 Å². The summed E-state index contributed by atoms with van der Waals surface area (Å²) in [6.07, 6.45) is -8.49. The van der Waals surface area contributed by atoms with E-state index in [1.165, 1.54) is 0 Å². The minimum atomic E-state index is -10.5. The number of likely N-dealkylation sites (N-methyl/N-ethyl adjacent to an activating group) is 1. The molecule has 1 atom stereocenters. The van der Waals surface area contributed by atoms with E-state index in [1.54, 1.807) is 0 Å². The number of rotatable bonds is 19. The number of hydrogen-bond donors (Lipinski definition) is 0. The fourth-order valence-electron chi connectivity index (χ4n) is 4.27. The third kappa shape index (κ3) is 6.91. The van der Waals surface area contributed by atoms with Crippen molar-refractivity contribution >= 4 is 5.97 Å². The van der Waals surface area contributed by atoms with Crippen LogP contribution in [0.5, 0.6) is 0 Å². The Morgan fingerprint density at radius 3 is 0.524 bits per heavy atom. The highest BCUT2D eigenvalue weighted by Crippen LogP contribution is 2.70. The third-order valence-corrected chi connectivity index (χ3v) is 8.03. The summed E-state index contributed by atoms with van der Waals surface area (Å²) in [5.41, 5.74) is 0. The van der Waals surface area contributed by atoms with Gasteiger partial charge in [-0.3, -0.25) is 0 Å². The molecule has 0 N–H and O–H groups in total. The van der Waals surface area contributed by atoms with Gasteiger partial charge in [0, 0.05) is 0 Å². The lowest BCUT2D eigenvalue weighted by Crippen LogP contribution is -2.80. The number of alkyl halides is 37. The number of nitrogens with zero attached hydrogens (tertiary/aromatic N) is 1. The highest BCUT2D eigenvalue weighted by molar-refractivity contribution is 5.71. The summed E-state index contributed by atoms with van der Waals surface area (Å²) in [5.74, 6) is -171. The number of hydrogen-bond acceptors (Lipinski definition) is 2. The molecule has 378 valence electrons. The van der Waals surface area contributed by atoms with Gasteiger partial charge in [-0.1, -0.05) is 0 Å². The van der Waals surface area contributed by atoms with Crippen LogP contribution in [0.3, 0.4) is 0 Å². The molecule has 0 spiro atoms. The predicted octanol–water partition coefficient (Wildman–Crippen LogP) is 10.2. The topological polar surface area (TPSA) is 40.1 Å². The average Bonchev–Trinajstić information content (AvgIpc) is 3.01. The molecule has 0 aromatic carbocycles. The molecule has 0 aliphatic carbocycles. The molecule has 0 rings (SSSR count). The normalized spacial score (nSPS) is 17.6. The Balaban J connectivity index is 8.00. The molecule has 1 unspecified atom stereocenters. The van der Waals surface area contributed by atoms with Crippen LogP contribution in [0.2, 0.25) is 0 Å². The Kier molecular flexibility index (Phi) is 13.7. The monoisotopic (exact) mass is 1040 g/mol. The van der Waals surface area contributed by atoms with Gasteiger partial charge >= 0.3 is 107 Å². The summed E-state index contributed by atoms with van der Waals surface area (Å²) < 4.78 is 506. The van der Waals surface area contributed by atoms with Crippen molar-refractivity contribution in [1.29, 1.82) is 0 Å². The van der Waals surface area contributed by atoms with Crippen molar-refractivity contribution in [2.75, 3.05) is 21.1 Å². The number of carboxylic acids is 1. The van der Waals surface area contributed by atoms with Crippen molar-refractivity contribution in [3.8, 4) is 0 Å². The third-order valence-electron chi connectivity index (χ3n) is 8.03. The zero-order chi connectivity index (χ0) is 52.7. The van der Waals surface area contributed by atoms with Gasteiger partial charge in [0.2, 0.25) is 0 Å². The zero-order valence-corrected chi connectivity index (χ0v) is 28.3. The van der Waals surface area contributed by atoms with Crippen molar-refractivity contribution in [2.24, 2.45) is 0 Å². The maximum absolute atomic E-state index is 14.4. The van der Waals surface area contributed by atoms with Gasteiger partial charge in [-0.2, -0.15) is 162 Å². The Labute approximate surface area is 318 Å². The molecule has 40 heteroatoms. The Hall–Kier alpha value is -3.16. The molecule has 0 saturated heterocycles. The number of halogens is 37. The van der Waals surface area contributed by atoms with Gasteiger partial charge in [0.05, 0.1) is 21.1 Å². The molecule has 0 aromatic heterocycles. The van der Waals surface area contributed by atoms with Crippen molar-refractivity contribution in [3.63, 3.8) is 0 Å². The molecule has 0 aliphatic rings. The van der Waals surface area contributed by atoms with E-state index in [4.69, 9.17) is 0 Å². The Bertz CT molecular complexity index is 1690. The average molecular weight is 1040 g/mol. The fraction of sp³-hybridized carbons (Fsp3) is 0.957. The van der Waals surface area contributed by atoms with Gasteiger partial charge in [-0.15, -0.1) is 0 Å². The van der Waals surface area contributed by atoms with E-state index in [-0.39, 0.29) is 21.1 Å². The van der Waals surface area contributed by atoms with Crippen LogP contribution in [0, 0.1) is 0 Å². The van der Waals surface area contributed by atoms with Crippen LogP contribution in [0.4, 0.5) is 162 Å². The molecule has 0 radical (unpaired) electrons. The smallest absolute Gasteiger partial charge is 0.460 e. The molecule has 0 fully saturated rings. The number of quaternary nitrogens is 1. The lowest BCUT2D eigenvalue weighted by atomic mass is 9.82. The summed E-state index contributed by atoms with van der Waals surface area (Å²) in [7, 11) is -0.411. The predicted molar refractivity (Wildman–Crippen MR) is 117 cm³/mol. The standard InChI is InChI=1S/C23H10F37NO2/c1-61(2,3)4(5(62)63)6(24,25)7(26,27)8(28,29)9(30,31)10(32,33)11(34,35)12(36,37)13(38,39)14(40,41)15(42,43)16(44,45)17(46,47)18(48,49)19(50,51)20(52,53)21(54,55)22(56,57)23(58,59)60/h4H,1-3H3. The van der Waals surface area contributed by atoms with E-state index in [2.05, 4.69) is 0 Å². The summed E-state index contributed by atoms with van der Waals surface area (Å²) in [6, 6.07) is -4.86. The number of carbonyl (C=O) groups excluding carboxylic acids is 1. The SMILES string of the molecule is C[N+](C)(C)C(C(=O)[O-])C(F)(F)C(F)(F)C(F)(F)C(F)(F)C(F)(F)C(F)(F)C(F)(F)C(F)(F)C(F)(F)C(F)(F)C(F)(F)C(F)(F)C(F)(F)C(F)(F)C(F)(F)C(F)(F)C(F)(F)C(F)(F)F. The van der Waals surface area contributed by atoms with Crippen LogP contribution >= 0.6 is 0 Å². The first-order valence-corrected chi connectivity index (χ1v) is 13.8. The van der Waals surface area contributed by atoms with Crippen molar-refractivity contribution < 1.29 is 177 Å². The molecule has 0 bridgehead atoms. The summed E-state index contributed by atoms with van der Waals surface area (Å²) >= 11 is 0. The van der Waals surface area contributed by atoms with Gasteiger partial charge in [-0.25, -0.2) is 0 Å². The molecule has 0 heterocycles. The fourth-order valence-corrected chi connectivity index (χ4v) is 4.27. The van der Waals surface area contributed by atoms with Crippen molar-refractivity contribution in [1.82, 2.24) is 0 Å². The van der Waals surface area contributed by atoms with Crippen LogP contribution in [0.1, 0.15) is 0 Å². The number of aliphatic carboxylic acids is 1. The Morgan fingerprint density at radius 2 is 0.413 bits per heavy atom. The van der Waals surface area contributed by atoms with Crippen LogP contribution in [-0.2, 0) is 4.79 Å². The van der Waals surface area contributed by atoms with Gasteiger partial charge in [0.1, 0.15) is 5.97 Å². The number of carboxylic acid groups (broad SMARTS) is 1. The molecule has 0 aliphatic heterocycles. The molecular weight excluding hydrogens is 1030 g/mol. The van der Waals surface area contributed by atoms with Gasteiger partial charge < -0.3 is 14.4 Å². The maximum atomic E-state index is 14.4. The minimum absolute atomic E-state index is 0.137. The molecule has 0 amide bonds. The molecule has 0 saturated carbocycles. The molecule has 3 nitrogen and oxygen atoms in total. The van der Waals surface area contributed by atoms with E-state index in [0.29, 0.717) is 0 Å². The lowest BCUT2D eigenvalue weighted by molar-refractivity contribution is -0.900. The summed E-state index contributed by atoms with van der Waals surface area (Å²) in [4.78, 5) is 10.9. The van der Waals surface area contributed by atoms with Crippen molar-refractivity contribution in [2.45, 2.75) is 113 Å². The first-order chi connectivity index (χ1) is 26.3. The zero-order valence-electron chi connectivity index (χ0n) is 28.3. The second-order valence-corrected chi connectivity index (χ2v) is 13.1. The molecule has 63 heavy (non-hydrogen) atoms. The van der Waals surface area contributed by atoms with E-state index in [1.807, 2.05) is 0 Å². The van der Waals surface area contributed by atoms with Gasteiger partial charge in [-0.05, 0) is 0 Å². The van der Waals surface area contributed by atoms with Crippen molar-refractivity contribution in [3.05, 3.63) is 0 Å². The quantitative estimate of drug-likeness (QED) is 0.0956. The second kappa shape index (κ2) is 14.4. The Morgan fingerprint density at radius 1 is 0.286 bits per heavy atom. The van der Waals surface area contributed by atoms with E-state index in [0.717, 1.165) is 0 Å². The summed E-state index contributed by atoms with van der Waals surface area (Å²) in [5, 5.41) is 10.9. The van der Waals surface area contributed by atoms with E-state index in [9.17, 15) is 172 Å². The van der Waals surface area contributed by atoms with Crippen LogP contribution in [-0.4, -0.2) is 144 Å². The lowest BCUT2D eigenvalue weighted by Gasteiger charge is -2.48. The minimum Gasteiger partial charge on any atom is -0.544 e. The summed E-state index contributed by atoms with van der Waals surface area (Å²) in [6.45, 7) is 0. The second-order valence-electron chi connectivity index (χ2n) is 13.1. The molecule has 0 aromatic rings. The number of carbonyl (C=O) groups is 1. The van der Waals surface area contributed by atoms with Gasteiger partial charge in [0.15, 0.2) is 6.04 Å². The van der Waals surface area contributed by atoms with E-state index < -0.39 is 123 Å². The van der Waals surface area contributed by atoms with Crippen LogP contribution < -0.4 is 5.11 Å². The largest absolute Gasteiger partial charge is 0.544 e. The van der Waals surface area contributed by atoms with Gasteiger partial charge in [0.25, 0.3) is 0 Å². The maximum Gasteiger partial charge on any atom is 0.460 e.